The molecule has 2 unspecified atom stereocenters. The lowest BCUT2D eigenvalue weighted by Crippen LogP contribution is -2.42. The van der Waals surface area contributed by atoms with E-state index < -0.39 is 18.0 Å². The third-order valence-electron chi connectivity index (χ3n) is 3.87. The van der Waals surface area contributed by atoms with Crippen molar-refractivity contribution < 1.29 is 19.8 Å². The number of aliphatic carboxylic acids is 2. The monoisotopic (exact) mass is 355 g/mol. The van der Waals surface area contributed by atoms with Gasteiger partial charge in [-0.1, -0.05) is 29.8 Å². The van der Waals surface area contributed by atoms with Crippen LogP contribution < -0.4 is 0 Å². The molecule has 0 amide bonds. The highest BCUT2D eigenvalue weighted by Crippen LogP contribution is 2.34. The predicted molar refractivity (Wildman–Crippen MR) is 91.0 cm³/mol. The van der Waals surface area contributed by atoms with Crippen LogP contribution in [0.1, 0.15) is 18.0 Å². The maximum atomic E-state index is 11.8. The van der Waals surface area contributed by atoms with Crippen LogP contribution >= 0.6 is 23.4 Å². The Labute approximate surface area is 143 Å². The molecule has 2 rings (SSSR count). The van der Waals surface area contributed by atoms with Crippen LogP contribution in [-0.2, 0) is 9.59 Å². The predicted octanol–water partition coefficient (Wildman–Crippen LogP) is 2.91. The number of piperidine rings is 1. The Balaban J connectivity index is 2.33. The number of carbonyl (C=O) groups is 2. The zero-order chi connectivity index (χ0) is 17.0. The number of thioether (sulfide) groups is 1. The van der Waals surface area contributed by atoms with Crippen molar-refractivity contribution in [2.75, 3.05) is 19.3 Å². The first kappa shape index (κ1) is 17.8. The fraction of sp³-hybridized carbons (Fsp3) is 0.375. The van der Waals surface area contributed by atoms with Gasteiger partial charge < -0.3 is 10.2 Å². The molecule has 0 radical (unpaired) electrons. The van der Waals surface area contributed by atoms with Crippen molar-refractivity contribution >= 4 is 35.3 Å². The van der Waals surface area contributed by atoms with Crippen LogP contribution in [-0.4, -0.2) is 51.6 Å². The second-order valence-electron chi connectivity index (χ2n) is 5.30. The SMILES string of the molecule is CSC1CCN(C(C(=O)O)c2ccccc2Cl)C/C1=C/C(=O)O. The molecule has 124 valence electrons. The molecule has 1 aliphatic heterocycles. The number of hydrogen-bond donors (Lipinski definition) is 2. The van der Waals surface area contributed by atoms with Crippen molar-refractivity contribution in [2.45, 2.75) is 17.7 Å². The Bertz CT molecular complexity index is 634. The van der Waals surface area contributed by atoms with Crippen LogP contribution in [0.2, 0.25) is 5.02 Å². The first-order valence-corrected chi connectivity index (χ1v) is 8.78. The molecule has 5 nitrogen and oxygen atoms in total. The van der Waals surface area contributed by atoms with Crippen molar-refractivity contribution in [3.05, 3.63) is 46.5 Å². The molecule has 2 atom stereocenters. The molecule has 23 heavy (non-hydrogen) atoms. The Morgan fingerprint density at radius 3 is 2.65 bits per heavy atom. The second-order valence-corrected chi connectivity index (χ2v) is 6.75. The van der Waals surface area contributed by atoms with Gasteiger partial charge in [-0.05, 0) is 29.9 Å². The molecule has 0 bridgehead atoms. The molecule has 1 aromatic carbocycles. The fourth-order valence-electron chi connectivity index (χ4n) is 2.85. The number of hydrogen-bond acceptors (Lipinski definition) is 4. The van der Waals surface area contributed by atoms with Crippen LogP contribution in [0.3, 0.4) is 0 Å². The minimum atomic E-state index is -1.01. The summed E-state index contributed by atoms with van der Waals surface area (Å²) in [5, 5.41) is 19.2. The number of halogens is 1. The largest absolute Gasteiger partial charge is 0.480 e. The van der Waals surface area contributed by atoms with Gasteiger partial charge in [0.1, 0.15) is 6.04 Å². The highest BCUT2D eigenvalue weighted by molar-refractivity contribution is 7.99. The normalized spacial score (nSPS) is 22.0. The summed E-state index contributed by atoms with van der Waals surface area (Å²) in [5.41, 5.74) is 1.26. The highest BCUT2D eigenvalue weighted by Gasteiger charge is 2.34. The molecule has 1 heterocycles. The van der Waals surface area contributed by atoms with Gasteiger partial charge in [-0.3, -0.25) is 9.69 Å². The van der Waals surface area contributed by atoms with E-state index in [9.17, 15) is 14.7 Å². The summed E-state index contributed by atoms with van der Waals surface area (Å²) < 4.78 is 0. The van der Waals surface area contributed by atoms with E-state index in [4.69, 9.17) is 16.7 Å². The van der Waals surface area contributed by atoms with E-state index >= 15 is 0 Å². The third kappa shape index (κ3) is 4.28. The second kappa shape index (κ2) is 7.86. The molecule has 1 aromatic rings. The van der Waals surface area contributed by atoms with E-state index in [1.54, 1.807) is 40.9 Å². The minimum absolute atomic E-state index is 0.100. The Kier molecular flexibility index (Phi) is 6.10. The molecule has 0 spiro atoms. The lowest BCUT2D eigenvalue weighted by atomic mass is 9.98. The van der Waals surface area contributed by atoms with Crippen LogP contribution in [0.5, 0.6) is 0 Å². The van der Waals surface area contributed by atoms with Crippen LogP contribution in [0.15, 0.2) is 35.9 Å². The maximum Gasteiger partial charge on any atom is 0.328 e. The van der Waals surface area contributed by atoms with Crippen LogP contribution in [0, 0.1) is 0 Å². The summed E-state index contributed by atoms with van der Waals surface area (Å²) in [6.07, 6.45) is 3.83. The highest BCUT2D eigenvalue weighted by atomic mass is 35.5. The molecule has 0 aromatic heterocycles. The maximum absolute atomic E-state index is 11.8. The zero-order valence-corrected chi connectivity index (χ0v) is 14.2. The van der Waals surface area contributed by atoms with Crippen molar-refractivity contribution in [1.82, 2.24) is 4.90 Å². The van der Waals surface area contributed by atoms with E-state index in [-0.39, 0.29) is 5.25 Å². The van der Waals surface area contributed by atoms with Gasteiger partial charge in [0, 0.05) is 29.4 Å². The Morgan fingerprint density at radius 2 is 2.09 bits per heavy atom. The smallest absolute Gasteiger partial charge is 0.328 e. The van der Waals surface area contributed by atoms with E-state index in [0.29, 0.717) is 30.1 Å². The summed E-state index contributed by atoms with van der Waals surface area (Å²) in [6, 6.07) is 5.97. The van der Waals surface area contributed by atoms with Gasteiger partial charge in [0.2, 0.25) is 0 Å². The van der Waals surface area contributed by atoms with Gasteiger partial charge in [0.15, 0.2) is 0 Å². The molecule has 7 heteroatoms. The number of rotatable bonds is 5. The molecule has 1 aliphatic rings. The number of carboxylic acid groups (broad SMARTS) is 2. The van der Waals surface area contributed by atoms with E-state index in [0.717, 1.165) is 5.57 Å². The molecular formula is C16H18ClNO4S. The topological polar surface area (TPSA) is 77.8 Å². The van der Waals surface area contributed by atoms with Gasteiger partial charge in [0.05, 0.1) is 0 Å². The first-order valence-electron chi connectivity index (χ1n) is 7.11. The van der Waals surface area contributed by atoms with E-state index in [2.05, 4.69) is 0 Å². The summed E-state index contributed by atoms with van der Waals surface area (Å²) in [5.74, 6) is -2.00. The van der Waals surface area contributed by atoms with Gasteiger partial charge in [0.25, 0.3) is 0 Å². The summed E-state index contributed by atoms with van der Waals surface area (Å²) in [4.78, 5) is 24.6. The minimum Gasteiger partial charge on any atom is -0.480 e. The molecule has 1 fully saturated rings. The van der Waals surface area contributed by atoms with E-state index in [1.807, 2.05) is 6.26 Å². The summed E-state index contributed by atoms with van der Waals surface area (Å²) in [7, 11) is 0. The van der Waals surface area contributed by atoms with E-state index in [1.165, 1.54) is 6.08 Å². The number of nitrogens with zero attached hydrogens (tertiary/aromatic N) is 1. The molecular weight excluding hydrogens is 338 g/mol. The van der Waals surface area contributed by atoms with Gasteiger partial charge in [-0.25, -0.2) is 4.79 Å². The van der Waals surface area contributed by atoms with Gasteiger partial charge >= 0.3 is 11.9 Å². The summed E-state index contributed by atoms with van der Waals surface area (Å²) >= 11 is 7.74. The number of carboxylic acids is 2. The Morgan fingerprint density at radius 1 is 1.39 bits per heavy atom. The molecule has 1 saturated heterocycles. The molecule has 0 aliphatic carbocycles. The summed E-state index contributed by atoms with van der Waals surface area (Å²) in [6.45, 7) is 0.880. The molecule has 0 saturated carbocycles. The average Bonchev–Trinajstić information content (AvgIpc) is 2.49. The zero-order valence-electron chi connectivity index (χ0n) is 12.6. The quantitative estimate of drug-likeness (QED) is 0.791. The number of likely N-dealkylation sites (tertiary alicyclic amines) is 1. The lowest BCUT2D eigenvalue weighted by molar-refractivity contribution is -0.143. The number of benzene rings is 1. The Hall–Kier alpha value is -1.50. The molecule has 2 N–H and O–H groups in total. The van der Waals surface area contributed by atoms with Crippen molar-refractivity contribution in [2.24, 2.45) is 0 Å². The van der Waals surface area contributed by atoms with Crippen LogP contribution in [0.4, 0.5) is 0 Å². The van der Waals surface area contributed by atoms with Crippen LogP contribution in [0.25, 0.3) is 0 Å². The standard InChI is InChI=1S/C16H18ClNO4S/c1-23-13-6-7-18(9-10(13)8-14(19)20)15(16(21)22)11-4-2-3-5-12(11)17/h2-5,8,13,15H,6-7,9H2,1H3,(H,19,20)(H,21,22)/b10-8-. The lowest BCUT2D eigenvalue weighted by Gasteiger charge is -2.37. The van der Waals surface area contributed by atoms with Crippen molar-refractivity contribution in [1.29, 1.82) is 0 Å². The van der Waals surface area contributed by atoms with Crippen molar-refractivity contribution in [3.8, 4) is 0 Å². The average molecular weight is 356 g/mol. The first-order chi connectivity index (χ1) is 10.9. The van der Waals surface area contributed by atoms with Crippen molar-refractivity contribution in [3.63, 3.8) is 0 Å². The van der Waals surface area contributed by atoms with Gasteiger partial charge in [-0.15, -0.1) is 0 Å². The van der Waals surface area contributed by atoms with Gasteiger partial charge in [-0.2, -0.15) is 11.8 Å². The fourth-order valence-corrected chi connectivity index (χ4v) is 3.88. The third-order valence-corrected chi connectivity index (χ3v) is 5.32.